The van der Waals surface area contributed by atoms with Crippen LogP contribution in [0.1, 0.15) is 22.6 Å². The largest absolute Gasteiger partial charge is 0.431 e. The van der Waals surface area contributed by atoms with Gasteiger partial charge >= 0.3 is 18.5 Å². The maximum Gasteiger partial charge on any atom is 0.431 e. The normalized spacial score (nSPS) is 13.1. The highest BCUT2D eigenvalue weighted by molar-refractivity contribution is 6.38. The molecule has 0 spiro atoms. The van der Waals surface area contributed by atoms with Crippen molar-refractivity contribution in [1.82, 2.24) is 14.7 Å². The van der Waals surface area contributed by atoms with Crippen LogP contribution in [0, 0.1) is 0 Å². The van der Waals surface area contributed by atoms with E-state index in [2.05, 4.69) is 10.1 Å². The standard InChI is InChI=1S/C20H10ClF9N4O/c21-16-11-6-14(20(28,29)30)34(13(11)2-1-12(16)31)7-15-32-17(35-33-15)8-3-9(18(22,23)24)5-10(4-8)19(25,26)27/h1-6H,7,31H2. The zero-order valence-corrected chi connectivity index (χ0v) is 17.5. The molecule has 0 aliphatic carbocycles. The first-order chi connectivity index (χ1) is 16.1. The summed E-state index contributed by atoms with van der Waals surface area (Å²) in [5.41, 5.74) is 0.534. The lowest BCUT2D eigenvalue weighted by Gasteiger charge is -2.12. The van der Waals surface area contributed by atoms with E-state index in [9.17, 15) is 39.5 Å². The van der Waals surface area contributed by atoms with Gasteiger partial charge in [0.25, 0.3) is 5.89 Å². The van der Waals surface area contributed by atoms with Crippen molar-refractivity contribution in [2.45, 2.75) is 25.1 Å². The average molecular weight is 529 g/mol. The Morgan fingerprint density at radius 3 is 2.00 bits per heavy atom. The minimum atomic E-state index is -5.12. The SMILES string of the molecule is Nc1ccc2c(cc(C(F)(F)F)n2Cc2noc(-c3cc(C(F)(F)F)cc(C(F)(F)F)c3)n2)c1Cl. The lowest BCUT2D eigenvalue weighted by Crippen LogP contribution is -2.14. The van der Waals surface area contributed by atoms with Crippen LogP contribution in [0.25, 0.3) is 22.4 Å². The molecule has 0 aliphatic rings. The van der Waals surface area contributed by atoms with Gasteiger partial charge in [0.15, 0.2) is 5.82 Å². The molecule has 4 aromatic rings. The molecular formula is C20H10ClF9N4O. The molecule has 186 valence electrons. The van der Waals surface area contributed by atoms with Crippen molar-refractivity contribution in [1.29, 1.82) is 0 Å². The summed E-state index contributed by atoms with van der Waals surface area (Å²) >= 11 is 6.01. The number of nitrogen functional groups attached to an aromatic ring is 1. The number of hydrogen-bond donors (Lipinski definition) is 1. The third-order valence-corrected chi connectivity index (χ3v) is 5.36. The smallest absolute Gasteiger partial charge is 0.398 e. The van der Waals surface area contributed by atoms with Crippen molar-refractivity contribution in [3.8, 4) is 11.5 Å². The lowest BCUT2D eigenvalue weighted by atomic mass is 10.0. The van der Waals surface area contributed by atoms with Crippen molar-refractivity contribution in [3.05, 3.63) is 64.1 Å². The van der Waals surface area contributed by atoms with Gasteiger partial charge in [0, 0.05) is 10.9 Å². The molecule has 2 heterocycles. The Morgan fingerprint density at radius 1 is 0.857 bits per heavy atom. The van der Waals surface area contributed by atoms with Crippen molar-refractivity contribution in [3.63, 3.8) is 0 Å². The van der Waals surface area contributed by atoms with Gasteiger partial charge < -0.3 is 14.8 Å². The monoisotopic (exact) mass is 528 g/mol. The minimum Gasteiger partial charge on any atom is -0.398 e. The molecule has 5 nitrogen and oxygen atoms in total. The summed E-state index contributed by atoms with van der Waals surface area (Å²) in [6.45, 7) is -0.687. The van der Waals surface area contributed by atoms with Gasteiger partial charge in [0.2, 0.25) is 0 Å². The van der Waals surface area contributed by atoms with Crippen LogP contribution in [0.3, 0.4) is 0 Å². The van der Waals surface area contributed by atoms with Crippen LogP contribution in [0.15, 0.2) is 40.9 Å². The van der Waals surface area contributed by atoms with Gasteiger partial charge in [-0.2, -0.15) is 44.5 Å². The molecule has 0 atom stereocenters. The van der Waals surface area contributed by atoms with E-state index in [1.807, 2.05) is 0 Å². The van der Waals surface area contributed by atoms with Gasteiger partial charge in [-0.25, -0.2) is 0 Å². The Labute approximate surface area is 193 Å². The van der Waals surface area contributed by atoms with E-state index >= 15 is 0 Å². The molecule has 4 rings (SSSR count). The highest BCUT2D eigenvalue weighted by atomic mass is 35.5. The summed E-state index contributed by atoms with van der Waals surface area (Å²) in [6.07, 6.45) is -15.1. The highest BCUT2D eigenvalue weighted by Crippen LogP contribution is 2.40. The molecule has 0 unspecified atom stereocenters. The van der Waals surface area contributed by atoms with Gasteiger partial charge in [-0.05, 0) is 36.4 Å². The number of hydrogen-bond acceptors (Lipinski definition) is 4. The van der Waals surface area contributed by atoms with E-state index < -0.39 is 59.2 Å². The second kappa shape index (κ2) is 8.07. The number of alkyl halides is 9. The first-order valence-electron chi connectivity index (χ1n) is 9.32. The highest BCUT2D eigenvalue weighted by Gasteiger charge is 2.38. The van der Waals surface area contributed by atoms with E-state index in [1.165, 1.54) is 12.1 Å². The number of anilines is 1. The number of nitrogens with zero attached hydrogens (tertiary/aromatic N) is 3. The Kier molecular flexibility index (Phi) is 5.69. The first kappa shape index (κ1) is 24.7. The molecule has 2 aromatic carbocycles. The van der Waals surface area contributed by atoms with Crippen molar-refractivity contribution < 1.29 is 44.0 Å². The average Bonchev–Trinajstić information content (AvgIpc) is 3.35. The molecular weight excluding hydrogens is 519 g/mol. The molecule has 0 aliphatic heterocycles. The second-order valence-electron chi connectivity index (χ2n) is 7.33. The van der Waals surface area contributed by atoms with Crippen LogP contribution >= 0.6 is 11.6 Å². The fourth-order valence-electron chi connectivity index (χ4n) is 3.38. The number of aromatic nitrogens is 3. The fourth-order valence-corrected chi connectivity index (χ4v) is 3.59. The second-order valence-corrected chi connectivity index (χ2v) is 7.70. The molecule has 2 N–H and O–H groups in total. The maximum atomic E-state index is 13.6. The lowest BCUT2D eigenvalue weighted by molar-refractivity contribution is -0.144. The zero-order valence-electron chi connectivity index (χ0n) is 16.8. The van der Waals surface area contributed by atoms with Gasteiger partial charge in [0.1, 0.15) is 5.69 Å². The van der Waals surface area contributed by atoms with Crippen LogP contribution in [0.5, 0.6) is 0 Å². The maximum absolute atomic E-state index is 13.6. The number of halogens is 10. The van der Waals surface area contributed by atoms with E-state index in [0.29, 0.717) is 12.1 Å². The number of benzene rings is 2. The van der Waals surface area contributed by atoms with Crippen LogP contribution in [-0.4, -0.2) is 14.7 Å². The summed E-state index contributed by atoms with van der Waals surface area (Å²) in [7, 11) is 0. The van der Waals surface area contributed by atoms with E-state index in [0.717, 1.165) is 10.6 Å². The van der Waals surface area contributed by atoms with Crippen molar-refractivity contribution in [2.75, 3.05) is 5.73 Å². The third-order valence-electron chi connectivity index (χ3n) is 4.94. The molecule has 0 amide bonds. The number of nitrogens with two attached hydrogens (primary N) is 1. The van der Waals surface area contributed by atoms with E-state index in [-0.39, 0.29) is 27.7 Å². The van der Waals surface area contributed by atoms with Crippen molar-refractivity contribution in [2.24, 2.45) is 0 Å². The molecule has 35 heavy (non-hydrogen) atoms. The molecule has 15 heteroatoms. The molecule has 2 aromatic heterocycles. The van der Waals surface area contributed by atoms with Crippen LogP contribution in [0.4, 0.5) is 45.2 Å². The molecule has 0 bridgehead atoms. The van der Waals surface area contributed by atoms with E-state index in [1.54, 1.807) is 0 Å². The van der Waals surface area contributed by atoms with E-state index in [4.69, 9.17) is 21.9 Å². The summed E-state index contributed by atoms with van der Waals surface area (Å²) in [4.78, 5) is 3.71. The quantitative estimate of drug-likeness (QED) is 0.229. The van der Waals surface area contributed by atoms with Gasteiger partial charge in [-0.15, -0.1) is 0 Å². The molecule has 0 saturated heterocycles. The topological polar surface area (TPSA) is 69.9 Å². The predicted molar refractivity (Wildman–Crippen MR) is 105 cm³/mol. The zero-order chi connectivity index (χ0) is 25.9. The van der Waals surface area contributed by atoms with Crippen LogP contribution in [-0.2, 0) is 25.1 Å². The van der Waals surface area contributed by atoms with Gasteiger partial charge in [0.05, 0.1) is 33.9 Å². The van der Waals surface area contributed by atoms with Crippen molar-refractivity contribution >= 4 is 28.2 Å². The van der Waals surface area contributed by atoms with Crippen LogP contribution < -0.4 is 5.73 Å². The summed E-state index contributed by atoms with van der Waals surface area (Å²) in [5.74, 6) is -1.19. The Bertz CT molecular complexity index is 1380. The summed E-state index contributed by atoms with van der Waals surface area (Å²) in [5, 5.41) is 3.26. The fraction of sp³-hybridized carbons (Fsp3) is 0.200. The minimum absolute atomic E-state index is 0.0127. The summed E-state index contributed by atoms with van der Waals surface area (Å²) < 4.78 is 125. The Balaban J connectivity index is 1.79. The molecule has 0 saturated carbocycles. The Hall–Kier alpha value is -3.42. The summed E-state index contributed by atoms with van der Waals surface area (Å²) in [6, 6.07) is 3.91. The Morgan fingerprint density at radius 2 is 1.46 bits per heavy atom. The molecule has 0 radical (unpaired) electrons. The van der Waals surface area contributed by atoms with Crippen LogP contribution in [0.2, 0.25) is 5.02 Å². The number of rotatable bonds is 3. The third kappa shape index (κ3) is 4.74. The van der Waals surface area contributed by atoms with Gasteiger partial charge in [-0.3, -0.25) is 0 Å². The molecule has 0 fully saturated rings. The van der Waals surface area contributed by atoms with Gasteiger partial charge in [-0.1, -0.05) is 16.8 Å². The number of fused-ring (bicyclic) bond motifs is 1. The predicted octanol–water partition coefficient (Wildman–Crippen LogP) is 7.03. The first-order valence-corrected chi connectivity index (χ1v) is 9.70.